The molecule has 4 rings (SSSR count). The topological polar surface area (TPSA) is 75.7 Å². The fraction of sp³-hybridized carbons (Fsp3) is 0.269. The molecule has 33 heavy (non-hydrogen) atoms. The van der Waals surface area contributed by atoms with Gasteiger partial charge in [-0.15, -0.1) is 0 Å². The van der Waals surface area contributed by atoms with E-state index >= 15 is 0 Å². The molecular weight excluding hydrogens is 436 g/mol. The minimum absolute atomic E-state index is 0.157. The van der Waals surface area contributed by atoms with E-state index in [9.17, 15) is 13.2 Å². The van der Waals surface area contributed by atoms with Crippen molar-refractivity contribution in [1.82, 2.24) is 9.62 Å². The number of morpholine rings is 1. The molecule has 172 valence electrons. The molecule has 0 spiro atoms. The van der Waals surface area contributed by atoms with Crippen LogP contribution in [0.15, 0.2) is 77.7 Å². The number of amides is 1. The summed E-state index contributed by atoms with van der Waals surface area (Å²) in [5, 5.41) is 3.12. The summed E-state index contributed by atoms with van der Waals surface area (Å²) in [5.74, 6) is -0.328. The Bertz CT molecular complexity index is 1240. The normalized spacial score (nSPS) is 15.7. The van der Waals surface area contributed by atoms with Crippen LogP contribution < -0.4 is 5.32 Å². The van der Waals surface area contributed by atoms with E-state index in [-0.39, 0.29) is 16.8 Å². The molecule has 0 aromatic heterocycles. The van der Waals surface area contributed by atoms with Crippen molar-refractivity contribution in [3.05, 3.63) is 101 Å². The Balaban J connectivity index is 1.67. The number of hydrogen-bond acceptors (Lipinski definition) is 4. The maximum absolute atomic E-state index is 13.3. The number of hydrogen-bond donors (Lipinski definition) is 1. The van der Waals surface area contributed by atoms with E-state index in [1.807, 2.05) is 61.5 Å². The van der Waals surface area contributed by atoms with Crippen molar-refractivity contribution >= 4 is 15.9 Å². The predicted octanol–water partition coefficient (Wildman–Crippen LogP) is 3.84. The zero-order valence-electron chi connectivity index (χ0n) is 18.8. The van der Waals surface area contributed by atoms with Gasteiger partial charge in [0.15, 0.2) is 0 Å². The van der Waals surface area contributed by atoms with Crippen LogP contribution in [0.2, 0.25) is 0 Å². The fourth-order valence-corrected chi connectivity index (χ4v) is 5.72. The molecule has 0 radical (unpaired) electrons. The summed E-state index contributed by atoms with van der Waals surface area (Å²) in [6.07, 6.45) is 0. The first-order valence-corrected chi connectivity index (χ1v) is 12.4. The Morgan fingerprint density at radius 2 is 1.58 bits per heavy atom. The van der Waals surface area contributed by atoms with Gasteiger partial charge in [0, 0.05) is 18.7 Å². The summed E-state index contributed by atoms with van der Waals surface area (Å²) in [4.78, 5) is 13.5. The fourth-order valence-electron chi connectivity index (χ4n) is 4.06. The second-order valence-electron chi connectivity index (χ2n) is 8.17. The summed E-state index contributed by atoms with van der Waals surface area (Å²) in [7, 11) is -3.71. The summed E-state index contributed by atoms with van der Waals surface area (Å²) in [6, 6.07) is 22.1. The van der Waals surface area contributed by atoms with Crippen molar-refractivity contribution < 1.29 is 17.9 Å². The highest BCUT2D eigenvalue weighted by Crippen LogP contribution is 2.27. The molecule has 0 unspecified atom stereocenters. The van der Waals surface area contributed by atoms with Gasteiger partial charge >= 0.3 is 0 Å². The van der Waals surface area contributed by atoms with Crippen LogP contribution in [0.3, 0.4) is 0 Å². The van der Waals surface area contributed by atoms with E-state index in [4.69, 9.17) is 4.74 Å². The van der Waals surface area contributed by atoms with Crippen molar-refractivity contribution in [2.75, 3.05) is 26.3 Å². The number of sulfonamides is 1. The number of ether oxygens (including phenoxy) is 1. The van der Waals surface area contributed by atoms with Gasteiger partial charge in [-0.25, -0.2) is 8.42 Å². The highest BCUT2D eigenvalue weighted by atomic mass is 32.2. The SMILES string of the molecule is Cc1ccccc1[C@H](NC(=O)c1ccc(C)c(S(=O)(=O)N2CCOCC2)c1)c1ccccc1. The number of rotatable bonds is 6. The molecule has 1 saturated heterocycles. The van der Waals surface area contributed by atoms with Crippen molar-refractivity contribution in [2.24, 2.45) is 0 Å². The van der Waals surface area contributed by atoms with E-state index < -0.39 is 10.0 Å². The monoisotopic (exact) mass is 464 g/mol. The molecular formula is C26H28N2O4S. The Morgan fingerprint density at radius 3 is 2.27 bits per heavy atom. The summed E-state index contributed by atoms with van der Waals surface area (Å²) < 4.78 is 33.2. The van der Waals surface area contributed by atoms with Gasteiger partial charge in [0.25, 0.3) is 5.91 Å². The van der Waals surface area contributed by atoms with Crippen molar-refractivity contribution in [2.45, 2.75) is 24.8 Å². The van der Waals surface area contributed by atoms with Gasteiger partial charge in [-0.2, -0.15) is 4.31 Å². The van der Waals surface area contributed by atoms with Gasteiger partial charge in [0.05, 0.1) is 24.2 Å². The molecule has 3 aromatic rings. The van der Waals surface area contributed by atoms with Gasteiger partial charge in [0.2, 0.25) is 10.0 Å². The molecule has 0 aliphatic carbocycles. The van der Waals surface area contributed by atoms with Crippen molar-refractivity contribution in [3.63, 3.8) is 0 Å². The third-order valence-corrected chi connectivity index (χ3v) is 7.99. The van der Waals surface area contributed by atoms with Crippen LogP contribution in [-0.2, 0) is 14.8 Å². The maximum atomic E-state index is 13.3. The standard InChI is InChI=1S/C26H28N2O4S/c1-19-8-6-7-11-23(19)25(21-9-4-3-5-10-21)27-26(29)22-13-12-20(2)24(18-22)33(30,31)28-14-16-32-17-15-28/h3-13,18,25H,14-17H2,1-2H3,(H,27,29)/t25-/m1/s1. The molecule has 6 nitrogen and oxygen atoms in total. The van der Waals surface area contributed by atoms with Crippen molar-refractivity contribution in [3.8, 4) is 0 Å². The number of carbonyl (C=O) groups is 1. The molecule has 7 heteroatoms. The Kier molecular flexibility index (Phi) is 6.93. The van der Waals surface area contributed by atoms with Crippen molar-refractivity contribution in [1.29, 1.82) is 0 Å². The van der Waals surface area contributed by atoms with Crippen LogP contribution >= 0.6 is 0 Å². The lowest BCUT2D eigenvalue weighted by atomic mass is 9.94. The van der Waals surface area contributed by atoms with Crippen LogP contribution in [0.25, 0.3) is 0 Å². The summed E-state index contributed by atoms with van der Waals surface area (Å²) >= 11 is 0. The average molecular weight is 465 g/mol. The van der Waals surface area contributed by atoms with Crippen LogP contribution in [0.5, 0.6) is 0 Å². The number of nitrogens with one attached hydrogen (secondary N) is 1. The van der Waals surface area contributed by atoms with Gasteiger partial charge < -0.3 is 10.1 Å². The molecule has 1 aliphatic rings. The first-order valence-electron chi connectivity index (χ1n) is 11.0. The average Bonchev–Trinajstić information content (AvgIpc) is 2.84. The molecule has 1 heterocycles. The minimum atomic E-state index is -3.71. The van der Waals surface area contributed by atoms with E-state index in [0.29, 0.717) is 37.4 Å². The molecule has 1 aliphatic heterocycles. The van der Waals surface area contributed by atoms with Gasteiger partial charge in [-0.05, 0) is 48.2 Å². The van der Waals surface area contributed by atoms with Crippen LogP contribution in [0.1, 0.15) is 38.7 Å². The summed E-state index contributed by atoms with van der Waals surface area (Å²) in [6.45, 7) is 5.11. The van der Waals surface area contributed by atoms with E-state index in [0.717, 1.165) is 16.7 Å². The Morgan fingerprint density at radius 1 is 0.909 bits per heavy atom. The lowest BCUT2D eigenvalue weighted by molar-refractivity contribution is 0.0730. The van der Waals surface area contributed by atoms with Crippen LogP contribution in [-0.4, -0.2) is 44.9 Å². The smallest absolute Gasteiger partial charge is 0.252 e. The first-order chi connectivity index (χ1) is 15.9. The van der Waals surface area contributed by atoms with E-state index in [1.165, 1.54) is 10.4 Å². The van der Waals surface area contributed by atoms with E-state index in [1.54, 1.807) is 19.1 Å². The van der Waals surface area contributed by atoms with E-state index in [2.05, 4.69) is 5.32 Å². The van der Waals surface area contributed by atoms with Crippen LogP contribution in [0.4, 0.5) is 0 Å². The lowest BCUT2D eigenvalue weighted by Crippen LogP contribution is -2.41. The third-order valence-electron chi connectivity index (χ3n) is 5.95. The lowest BCUT2D eigenvalue weighted by Gasteiger charge is -2.27. The molecule has 3 aromatic carbocycles. The Labute approximate surface area is 195 Å². The highest BCUT2D eigenvalue weighted by molar-refractivity contribution is 7.89. The zero-order valence-corrected chi connectivity index (χ0v) is 19.6. The predicted molar refractivity (Wildman–Crippen MR) is 128 cm³/mol. The second-order valence-corrected chi connectivity index (χ2v) is 10.1. The van der Waals surface area contributed by atoms with Crippen LogP contribution in [0, 0.1) is 13.8 Å². The molecule has 1 amide bonds. The quantitative estimate of drug-likeness (QED) is 0.601. The van der Waals surface area contributed by atoms with Gasteiger partial charge in [-0.1, -0.05) is 60.7 Å². The number of nitrogens with zero attached hydrogens (tertiary/aromatic N) is 1. The molecule has 1 N–H and O–H groups in total. The van der Waals surface area contributed by atoms with Gasteiger partial charge in [0.1, 0.15) is 0 Å². The molecule has 1 atom stereocenters. The number of benzene rings is 3. The molecule has 1 fully saturated rings. The molecule has 0 bridgehead atoms. The highest BCUT2D eigenvalue weighted by Gasteiger charge is 2.29. The van der Waals surface area contributed by atoms with Gasteiger partial charge in [-0.3, -0.25) is 4.79 Å². The second kappa shape index (κ2) is 9.87. The molecule has 0 saturated carbocycles. The maximum Gasteiger partial charge on any atom is 0.252 e. The largest absolute Gasteiger partial charge is 0.379 e. The zero-order chi connectivity index (χ0) is 23.4. The summed E-state index contributed by atoms with van der Waals surface area (Å²) in [5.41, 5.74) is 3.92. The third kappa shape index (κ3) is 5.00. The Hall–Kier alpha value is -3.00. The first kappa shape index (κ1) is 23.2. The number of aryl methyl sites for hydroxylation is 2. The number of carbonyl (C=O) groups excluding carboxylic acids is 1. The minimum Gasteiger partial charge on any atom is -0.379 e.